The summed E-state index contributed by atoms with van der Waals surface area (Å²) in [6.07, 6.45) is 3.47. The van der Waals surface area contributed by atoms with Gasteiger partial charge in [-0.1, -0.05) is 11.6 Å². The van der Waals surface area contributed by atoms with Gasteiger partial charge < -0.3 is 14.6 Å². The van der Waals surface area contributed by atoms with Crippen LogP contribution in [-0.2, 0) is 9.47 Å². The van der Waals surface area contributed by atoms with Crippen molar-refractivity contribution in [1.29, 1.82) is 0 Å². The first-order valence-electron chi connectivity index (χ1n) is 5.90. The number of rotatable bonds is 4. The highest BCUT2D eigenvalue weighted by atomic mass is 16.7. The van der Waals surface area contributed by atoms with E-state index in [2.05, 4.69) is 19.9 Å². The van der Waals surface area contributed by atoms with Crippen LogP contribution >= 0.6 is 0 Å². The predicted molar refractivity (Wildman–Crippen MR) is 64.2 cm³/mol. The Morgan fingerprint density at radius 1 is 1.50 bits per heavy atom. The molecule has 0 radical (unpaired) electrons. The van der Waals surface area contributed by atoms with Gasteiger partial charge in [-0.2, -0.15) is 0 Å². The highest BCUT2D eigenvalue weighted by Gasteiger charge is 2.42. The zero-order chi connectivity index (χ0) is 12.4. The summed E-state index contributed by atoms with van der Waals surface area (Å²) in [4.78, 5) is 0. The van der Waals surface area contributed by atoms with E-state index in [0.29, 0.717) is 13.0 Å². The minimum absolute atomic E-state index is 0.229. The molecule has 3 heteroatoms. The third kappa shape index (κ3) is 3.89. The van der Waals surface area contributed by atoms with Crippen molar-refractivity contribution < 1.29 is 14.6 Å². The van der Waals surface area contributed by atoms with Gasteiger partial charge in [0.1, 0.15) is 6.10 Å². The molecule has 1 saturated heterocycles. The molecule has 1 fully saturated rings. The number of allylic oxidation sites excluding steroid dienone is 2. The monoisotopic (exact) mass is 228 g/mol. The molecule has 16 heavy (non-hydrogen) atoms. The summed E-state index contributed by atoms with van der Waals surface area (Å²) in [6, 6.07) is 0. The molecule has 0 amide bonds. The van der Waals surface area contributed by atoms with Crippen molar-refractivity contribution in [2.24, 2.45) is 0 Å². The minimum Gasteiger partial charge on any atom is -0.387 e. The second-order valence-corrected chi connectivity index (χ2v) is 5.49. The van der Waals surface area contributed by atoms with E-state index in [4.69, 9.17) is 9.47 Å². The summed E-state index contributed by atoms with van der Waals surface area (Å²) in [6.45, 7) is 10.2. The highest BCUT2D eigenvalue weighted by molar-refractivity contribution is 4.96. The molecule has 1 aliphatic heterocycles. The van der Waals surface area contributed by atoms with Gasteiger partial charge in [-0.3, -0.25) is 0 Å². The molecule has 1 rings (SSSR count). The Kier molecular flexibility index (Phi) is 4.16. The minimum atomic E-state index is -0.820. The molecule has 1 aliphatic rings. The Hall–Kier alpha value is -0.380. The first-order valence-corrected chi connectivity index (χ1v) is 5.90. The van der Waals surface area contributed by atoms with Crippen LogP contribution in [0.5, 0.6) is 0 Å². The van der Waals surface area contributed by atoms with Crippen LogP contribution < -0.4 is 0 Å². The smallest absolute Gasteiger partial charge is 0.163 e. The van der Waals surface area contributed by atoms with Crippen molar-refractivity contribution in [3.05, 3.63) is 11.6 Å². The fourth-order valence-corrected chi connectivity index (χ4v) is 1.81. The van der Waals surface area contributed by atoms with Gasteiger partial charge >= 0.3 is 0 Å². The van der Waals surface area contributed by atoms with Crippen LogP contribution in [0.1, 0.15) is 47.5 Å². The van der Waals surface area contributed by atoms with Crippen molar-refractivity contribution in [3.63, 3.8) is 0 Å². The lowest BCUT2D eigenvalue weighted by Crippen LogP contribution is -2.41. The maximum absolute atomic E-state index is 10.3. The van der Waals surface area contributed by atoms with Gasteiger partial charge in [0.05, 0.1) is 12.2 Å². The van der Waals surface area contributed by atoms with Gasteiger partial charge in [-0.15, -0.1) is 0 Å². The molecule has 3 nitrogen and oxygen atoms in total. The topological polar surface area (TPSA) is 38.7 Å². The third-order valence-electron chi connectivity index (χ3n) is 2.91. The van der Waals surface area contributed by atoms with E-state index < -0.39 is 11.4 Å². The van der Waals surface area contributed by atoms with Crippen molar-refractivity contribution >= 4 is 0 Å². The predicted octanol–water partition coefficient (Wildman–Crippen LogP) is 2.64. The lowest BCUT2D eigenvalue weighted by Gasteiger charge is -2.29. The SMILES string of the molecule is CC(C)=CCC[C@@](C)(O)[C@H]1COC(C)(C)O1. The highest BCUT2D eigenvalue weighted by Crippen LogP contribution is 2.31. The van der Waals surface area contributed by atoms with Crippen LogP contribution in [0.15, 0.2) is 11.6 Å². The normalized spacial score (nSPS) is 27.5. The van der Waals surface area contributed by atoms with E-state index in [1.807, 2.05) is 20.8 Å². The van der Waals surface area contributed by atoms with Crippen LogP contribution in [0.2, 0.25) is 0 Å². The molecule has 1 N–H and O–H groups in total. The largest absolute Gasteiger partial charge is 0.387 e. The molecule has 0 aromatic carbocycles. The average molecular weight is 228 g/mol. The second kappa shape index (κ2) is 4.86. The number of hydrogen-bond donors (Lipinski definition) is 1. The fourth-order valence-electron chi connectivity index (χ4n) is 1.81. The van der Waals surface area contributed by atoms with E-state index in [9.17, 15) is 5.11 Å². The van der Waals surface area contributed by atoms with Crippen molar-refractivity contribution in [3.8, 4) is 0 Å². The lowest BCUT2D eigenvalue weighted by molar-refractivity contribution is -0.167. The van der Waals surface area contributed by atoms with Crippen molar-refractivity contribution in [2.45, 2.75) is 65.0 Å². The molecule has 0 saturated carbocycles. The first-order chi connectivity index (χ1) is 7.23. The molecular formula is C13H24O3. The van der Waals surface area contributed by atoms with E-state index in [1.54, 1.807) is 0 Å². The summed E-state index contributed by atoms with van der Waals surface area (Å²) < 4.78 is 11.1. The van der Waals surface area contributed by atoms with Crippen LogP contribution in [0, 0.1) is 0 Å². The fraction of sp³-hybridized carbons (Fsp3) is 0.846. The molecule has 2 atom stereocenters. The van der Waals surface area contributed by atoms with Gasteiger partial charge in [-0.25, -0.2) is 0 Å². The summed E-state index contributed by atoms with van der Waals surface area (Å²) in [7, 11) is 0. The van der Waals surface area contributed by atoms with Crippen LogP contribution in [-0.4, -0.2) is 29.2 Å². The average Bonchev–Trinajstić information content (AvgIpc) is 2.45. The lowest BCUT2D eigenvalue weighted by atomic mass is 9.93. The van der Waals surface area contributed by atoms with E-state index in [0.717, 1.165) is 6.42 Å². The zero-order valence-corrected chi connectivity index (χ0v) is 11.0. The summed E-state index contributed by atoms with van der Waals surface area (Å²) >= 11 is 0. The molecule has 0 aromatic heterocycles. The second-order valence-electron chi connectivity index (χ2n) is 5.49. The standard InChI is InChI=1S/C13H24O3/c1-10(2)7-6-8-13(5,14)11-9-15-12(3,4)16-11/h7,11,14H,6,8-9H2,1-5H3/t11-,13-/m1/s1. The molecule has 0 unspecified atom stereocenters. The first kappa shape index (κ1) is 13.7. The molecule has 1 heterocycles. The number of ether oxygens (including phenoxy) is 2. The zero-order valence-electron chi connectivity index (χ0n) is 11.0. The molecular weight excluding hydrogens is 204 g/mol. The van der Waals surface area contributed by atoms with Crippen molar-refractivity contribution in [1.82, 2.24) is 0 Å². The maximum atomic E-state index is 10.3. The Morgan fingerprint density at radius 2 is 2.12 bits per heavy atom. The van der Waals surface area contributed by atoms with Gasteiger partial charge in [0.15, 0.2) is 5.79 Å². The summed E-state index contributed by atoms with van der Waals surface area (Å²) in [5, 5.41) is 10.3. The van der Waals surface area contributed by atoms with Gasteiger partial charge in [-0.05, 0) is 47.5 Å². The van der Waals surface area contributed by atoms with Gasteiger partial charge in [0.2, 0.25) is 0 Å². The van der Waals surface area contributed by atoms with Crippen molar-refractivity contribution in [2.75, 3.05) is 6.61 Å². The molecule has 0 bridgehead atoms. The summed E-state index contributed by atoms with van der Waals surface area (Å²) in [5.41, 5.74) is 0.458. The third-order valence-corrected chi connectivity index (χ3v) is 2.91. The molecule has 0 spiro atoms. The summed E-state index contributed by atoms with van der Waals surface area (Å²) in [5.74, 6) is -0.564. The number of hydrogen-bond acceptors (Lipinski definition) is 3. The van der Waals surface area contributed by atoms with E-state index in [1.165, 1.54) is 5.57 Å². The maximum Gasteiger partial charge on any atom is 0.163 e. The molecule has 0 aromatic rings. The van der Waals surface area contributed by atoms with Gasteiger partial charge in [0.25, 0.3) is 0 Å². The Bertz CT molecular complexity index is 262. The quantitative estimate of drug-likeness (QED) is 0.752. The van der Waals surface area contributed by atoms with Gasteiger partial charge in [0, 0.05) is 0 Å². The molecule has 0 aliphatic carbocycles. The van der Waals surface area contributed by atoms with E-state index >= 15 is 0 Å². The van der Waals surface area contributed by atoms with Crippen LogP contribution in [0.3, 0.4) is 0 Å². The Balaban J connectivity index is 2.48. The van der Waals surface area contributed by atoms with E-state index in [-0.39, 0.29) is 6.10 Å². The number of aliphatic hydroxyl groups is 1. The van der Waals surface area contributed by atoms with Crippen LogP contribution in [0.25, 0.3) is 0 Å². The van der Waals surface area contributed by atoms with Crippen LogP contribution in [0.4, 0.5) is 0 Å². The molecule has 94 valence electrons. The Labute approximate surface area is 98.4 Å². The Morgan fingerprint density at radius 3 is 2.56 bits per heavy atom.